The van der Waals surface area contributed by atoms with Gasteiger partial charge in [-0.3, -0.25) is 19.2 Å². The van der Waals surface area contributed by atoms with E-state index in [1.54, 1.807) is 4.90 Å². The zero-order valence-electron chi connectivity index (χ0n) is 29.2. The van der Waals surface area contributed by atoms with Gasteiger partial charge in [0.2, 0.25) is 17.6 Å². The summed E-state index contributed by atoms with van der Waals surface area (Å²) in [4.78, 5) is 68.6. The summed E-state index contributed by atoms with van der Waals surface area (Å²) >= 11 is 0. The molecule has 12 nitrogen and oxygen atoms in total. The molecule has 1 aliphatic heterocycles. The maximum atomic E-state index is 14.3. The summed E-state index contributed by atoms with van der Waals surface area (Å²) in [5.74, 6) is 1.28. The minimum atomic E-state index is -3.36. The van der Waals surface area contributed by atoms with E-state index in [2.05, 4.69) is 33.1 Å². The van der Waals surface area contributed by atoms with Crippen molar-refractivity contribution in [2.24, 2.45) is 28.6 Å². The van der Waals surface area contributed by atoms with Crippen molar-refractivity contribution in [3.63, 3.8) is 0 Å². The van der Waals surface area contributed by atoms with Crippen LogP contribution in [0.1, 0.15) is 86.0 Å². The lowest BCUT2D eigenvalue weighted by Gasteiger charge is -2.39. The molecule has 3 fully saturated rings. The van der Waals surface area contributed by atoms with E-state index in [1.807, 2.05) is 34.6 Å². The number of terminal acetylenes is 2. The molecule has 2 aliphatic carbocycles. The molecule has 2 saturated carbocycles. The Morgan fingerprint density at radius 1 is 0.979 bits per heavy atom. The lowest BCUT2D eigenvalue weighted by Crippen LogP contribution is -2.59. The SMILES string of the molecule is C#CCCNC(=O)C(=O)C(CCC#C)NC(=O)C1C2C(CN1C(=O)[C@@H](CNC(=O)NC1(CS(C)(=O)=O)CCCCC1)C(C)(C)C)C2(C)C. The smallest absolute Gasteiger partial charge is 0.315 e. The zero-order valence-corrected chi connectivity index (χ0v) is 30.1. The van der Waals surface area contributed by atoms with Crippen molar-refractivity contribution in [3.05, 3.63) is 0 Å². The molecule has 3 aliphatic rings. The van der Waals surface area contributed by atoms with Gasteiger partial charge >= 0.3 is 6.03 Å². The van der Waals surface area contributed by atoms with Crippen LogP contribution in [0.4, 0.5) is 4.79 Å². The second-order valence-electron chi connectivity index (χ2n) is 15.4. The highest BCUT2D eigenvalue weighted by Crippen LogP contribution is 2.65. The minimum absolute atomic E-state index is 0.0339. The third-order valence-electron chi connectivity index (χ3n) is 10.3. The molecule has 4 N–H and O–H groups in total. The Hall–Kier alpha value is -3.58. The fraction of sp³-hybridized carbons (Fsp3) is 0.743. The highest BCUT2D eigenvalue weighted by atomic mass is 32.2. The number of ketones is 1. The number of nitrogens with zero attached hydrogens (tertiary/aromatic N) is 1. The number of likely N-dealkylation sites (tertiary alicyclic amines) is 1. The van der Waals surface area contributed by atoms with Crippen molar-refractivity contribution in [1.29, 1.82) is 0 Å². The van der Waals surface area contributed by atoms with Crippen LogP contribution in [-0.2, 0) is 29.0 Å². The number of urea groups is 1. The van der Waals surface area contributed by atoms with Crippen LogP contribution < -0.4 is 21.3 Å². The van der Waals surface area contributed by atoms with Crippen molar-refractivity contribution in [2.75, 3.05) is 31.6 Å². The molecule has 266 valence electrons. The quantitative estimate of drug-likeness (QED) is 0.123. The molecule has 48 heavy (non-hydrogen) atoms. The summed E-state index contributed by atoms with van der Waals surface area (Å²) in [5, 5.41) is 10.9. The Labute approximate surface area is 286 Å². The van der Waals surface area contributed by atoms with Crippen LogP contribution in [-0.4, -0.2) is 92.1 Å². The van der Waals surface area contributed by atoms with E-state index in [-0.39, 0.29) is 61.3 Å². The second kappa shape index (κ2) is 15.3. The molecule has 0 aromatic rings. The van der Waals surface area contributed by atoms with Gasteiger partial charge in [-0.2, -0.15) is 0 Å². The highest BCUT2D eigenvalue weighted by molar-refractivity contribution is 7.90. The summed E-state index contributed by atoms with van der Waals surface area (Å²) in [6, 6.07) is -2.61. The van der Waals surface area contributed by atoms with Crippen LogP contribution in [0.25, 0.3) is 0 Å². The van der Waals surface area contributed by atoms with Crippen LogP contribution in [0.5, 0.6) is 0 Å². The summed E-state index contributed by atoms with van der Waals surface area (Å²) < 4.78 is 24.4. The Balaban J connectivity index is 1.79. The topological polar surface area (TPSA) is 171 Å². The first-order chi connectivity index (χ1) is 22.3. The van der Waals surface area contributed by atoms with Crippen LogP contribution in [0.15, 0.2) is 0 Å². The van der Waals surface area contributed by atoms with Crippen molar-refractivity contribution < 1.29 is 32.4 Å². The molecular formula is C35H53N5O7S. The van der Waals surface area contributed by atoms with Gasteiger partial charge < -0.3 is 26.2 Å². The molecule has 13 heteroatoms. The molecule has 5 amide bonds. The van der Waals surface area contributed by atoms with Gasteiger partial charge in [0.15, 0.2) is 0 Å². The van der Waals surface area contributed by atoms with E-state index < -0.39 is 62.4 Å². The number of sulfone groups is 1. The molecular weight excluding hydrogens is 634 g/mol. The first-order valence-corrected chi connectivity index (χ1v) is 18.9. The van der Waals surface area contributed by atoms with Crippen LogP contribution in [0.2, 0.25) is 0 Å². The first kappa shape index (κ1) is 38.9. The Bertz CT molecular complexity index is 1450. The molecule has 1 heterocycles. The van der Waals surface area contributed by atoms with Crippen molar-refractivity contribution in [3.8, 4) is 24.7 Å². The Morgan fingerprint density at radius 3 is 2.17 bits per heavy atom. The summed E-state index contributed by atoms with van der Waals surface area (Å²) in [5.41, 5.74) is -1.70. The molecule has 3 rings (SSSR count). The fourth-order valence-corrected chi connectivity index (χ4v) is 8.90. The number of carbonyl (C=O) groups excluding carboxylic acids is 5. The Kier molecular flexibility index (Phi) is 12.4. The van der Waals surface area contributed by atoms with E-state index in [1.165, 1.54) is 0 Å². The number of piperidine rings is 1. The van der Waals surface area contributed by atoms with Crippen molar-refractivity contribution >= 4 is 39.4 Å². The number of Topliss-reactive ketones (excluding diaryl/α,β-unsaturated/α-hetero) is 1. The Morgan fingerprint density at radius 2 is 1.60 bits per heavy atom. The number of nitrogens with one attached hydrogen (secondary N) is 4. The summed E-state index contributed by atoms with van der Waals surface area (Å²) in [6.07, 6.45) is 15.9. The van der Waals surface area contributed by atoms with Gasteiger partial charge in [0, 0.05) is 38.7 Å². The van der Waals surface area contributed by atoms with Gasteiger partial charge in [-0.1, -0.05) is 53.9 Å². The molecule has 4 unspecified atom stereocenters. The lowest BCUT2D eigenvalue weighted by atomic mass is 9.79. The van der Waals surface area contributed by atoms with Gasteiger partial charge in [0.25, 0.3) is 5.91 Å². The largest absolute Gasteiger partial charge is 0.348 e. The average Bonchev–Trinajstić information content (AvgIpc) is 3.29. The third-order valence-corrected chi connectivity index (χ3v) is 11.4. The van der Waals surface area contributed by atoms with Crippen molar-refractivity contribution in [2.45, 2.75) is 104 Å². The predicted molar refractivity (Wildman–Crippen MR) is 183 cm³/mol. The van der Waals surface area contributed by atoms with Crippen LogP contribution in [0.3, 0.4) is 0 Å². The minimum Gasteiger partial charge on any atom is -0.348 e. The molecule has 1 saturated heterocycles. The summed E-state index contributed by atoms with van der Waals surface area (Å²) in [6.45, 7) is 10.1. The van der Waals surface area contributed by atoms with Crippen molar-refractivity contribution in [1.82, 2.24) is 26.2 Å². The number of rotatable bonds is 14. The fourth-order valence-electron chi connectivity index (χ4n) is 7.54. The average molecular weight is 688 g/mol. The molecule has 0 radical (unpaired) electrons. The second-order valence-corrected chi connectivity index (χ2v) is 17.6. The monoisotopic (exact) mass is 687 g/mol. The number of carbonyl (C=O) groups is 5. The number of hydrogen-bond donors (Lipinski definition) is 4. The number of hydrogen-bond acceptors (Lipinski definition) is 7. The molecule has 0 aromatic heterocycles. The molecule has 0 bridgehead atoms. The van der Waals surface area contributed by atoms with Crippen LogP contribution >= 0.6 is 0 Å². The zero-order chi connectivity index (χ0) is 36.1. The van der Waals surface area contributed by atoms with E-state index in [4.69, 9.17) is 12.8 Å². The number of fused-ring (bicyclic) bond motifs is 1. The van der Waals surface area contributed by atoms with Gasteiger partial charge in [-0.15, -0.1) is 24.7 Å². The third kappa shape index (κ3) is 9.52. The van der Waals surface area contributed by atoms with Crippen LogP contribution in [0, 0.1) is 53.3 Å². The molecule has 0 spiro atoms. The summed E-state index contributed by atoms with van der Waals surface area (Å²) in [7, 11) is -3.36. The normalized spacial score (nSPS) is 23.7. The van der Waals surface area contributed by atoms with Gasteiger partial charge in [-0.25, -0.2) is 13.2 Å². The van der Waals surface area contributed by atoms with Gasteiger partial charge in [0.1, 0.15) is 15.9 Å². The van der Waals surface area contributed by atoms with E-state index in [9.17, 15) is 32.4 Å². The standard InChI is InChI=1S/C35H53N5O7S/c1-9-11-16-25(28(41)30(43)36-19-12-10-2)38-29(42)27-26-24(34(26,6)7)21-40(27)31(44)23(33(3,4)5)20-37-32(45)39-35(22-48(8,46)47)17-14-13-15-18-35/h1-2,23-27H,11-22H2,3-8H3,(H,36,43)(H,38,42)(H2,37,39,45)/t23-,24?,25?,26?,27?/m1/s1. The maximum Gasteiger partial charge on any atom is 0.315 e. The van der Waals surface area contributed by atoms with E-state index in [0.717, 1.165) is 25.5 Å². The van der Waals surface area contributed by atoms with Gasteiger partial charge in [0.05, 0.1) is 23.3 Å². The number of amides is 5. The maximum absolute atomic E-state index is 14.3. The highest BCUT2D eigenvalue weighted by Gasteiger charge is 2.69. The van der Waals surface area contributed by atoms with E-state index >= 15 is 0 Å². The molecule has 0 aromatic carbocycles. The van der Waals surface area contributed by atoms with Gasteiger partial charge in [-0.05, 0) is 41.9 Å². The van der Waals surface area contributed by atoms with E-state index in [0.29, 0.717) is 19.4 Å². The first-order valence-electron chi connectivity index (χ1n) is 16.8. The lowest BCUT2D eigenvalue weighted by molar-refractivity contribution is -0.147. The predicted octanol–water partition coefficient (Wildman–Crippen LogP) is 1.79. The molecule has 5 atom stereocenters.